The van der Waals surface area contributed by atoms with Gasteiger partial charge >= 0.3 is 0 Å². The minimum absolute atomic E-state index is 0.294. The van der Waals surface area contributed by atoms with Crippen molar-refractivity contribution in [1.82, 2.24) is 9.55 Å². The van der Waals surface area contributed by atoms with Crippen LogP contribution in [0.3, 0.4) is 0 Å². The van der Waals surface area contributed by atoms with Crippen LogP contribution < -0.4 is 10.9 Å². The lowest BCUT2D eigenvalue weighted by Gasteiger charge is -2.17. The summed E-state index contributed by atoms with van der Waals surface area (Å²) in [5, 5.41) is 3.36. The molecule has 0 aliphatic rings. The fourth-order valence-electron chi connectivity index (χ4n) is 3.61. The van der Waals surface area contributed by atoms with Gasteiger partial charge in [-0.25, -0.2) is 9.37 Å². The smallest absolute Gasteiger partial charge is 0.263 e. The molecule has 2 heterocycles. The van der Waals surface area contributed by atoms with Crippen LogP contribution in [-0.2, 0) is 4.79 Å². The first-order valence-electron chi connectivity index (χ1n) is 9.91. The molecule has 4 rings (SSSR count). The Balaban J connectivity index is 1.76. The number of nitrogens with zero attached hydrogens (tertiary/aromatic N) is 2. The quantitative estimate of drug-likeness (QED) is 0.467. The number of halogens is 1. The van der Waals surface area contributed by atoms with Crippen molar-refractivity contribution in [2.24, 2.45) is 0 Å². The lowest BCUT2D eigenvalue weighted by atomic mass is 10.0. The molecule has 0 spiro atoms. The van der Waals surface area contributed by atoms with Gasteiger partial charge in [-0.05, 0) is 62.6 Å². The molecule has 0 radical (unpaired) electrons. The lowest BCUT2D eigenvalue weighted by Crippen LogP contribution is -2.32. The van der Waals surface area contributed by atoms with Crippen LogP contribution in [0.15, 0.2) is 53.6 Å². The molecule has 0 saturated carbocycles. The number of hydrogen-bond donors (Lipinski definition) is 1. The first kappa shape index (κ1) is 20.9. The molecule has 158 valence electrons. The van der Waals surface area contributed by atoms with Crippen molar-refractivity contribution in [1.29, 1.82) is 0 Å². The van der Waals surface area contributed by atoms with Gasteiger partial charge in [0, 0.05) is 16.1 Å². The van der Waals surface area contributed by atoms with Crippen LogP contribution in [0.5, 0.6) is 0 Å². The molecule has 5 nitrogen and oxygen atoms in total. The molecule has 0 aliphatic heterocycles. The highest BCUT2D eigenvalue weighted by molar-refractivity contribution is 7.19. The average molecular weight is 436 g/mol. The highest BCUT2D eigenvalue weighted by Gasteiger charge is 2.22. The Hall–Kier alpha value is -3.32. The SMILES string of the molecule is Cc1cccc(NC(=O)C(C)n2cnc3sc(C)c(-c4ccc(F)cc4)c3c2=O)c1C. The Morgan fingerprint density at radius 1 is 1.13 bits per heavy atom. The van der Waals surface area contributed by atoms with E-state index in [0.717, 1.165) is 32.8 Å². The zero-order valence-electron chi connectivity index (χ0n) is 17.7. The van der Waals surface area contributed by atoms with E-state index in [1.807, 2.05) is 39.0 Å². The number of thiophene rings is 1. The van der Waals surface area contributed by atoms with Crippen molar-refractivity contribution >= 4 is 33.1 Å². The number of nitrogens with one attached hydrogen (secondary N) is 1. The summed E-state index contributed by atoms with van der Waals surface area (Å²) in [6.45, 7) is 7.50. The third-order valence-electron chi connectivity index (χ3n) is 5.61. The molecule has 4 aromatic rings. The van der Waals surface area contributed by atoms with Gasteiger partial charge in [0.05, 0.1) is 11.7 Å². The molecule has 31 heavy (non-hydrogen) atoms. The van der Waals surface area contributed by atoms with Crippen LogP contribution in [0, 0.1) is 26.6 Å². The highest BCUT2D eigenvalue weighted by atomic mass is 32.1. The van der Waals surface area contributed by atoms with Gasteiger partial charge in [-0.3, -0.25) is 14.2 Å². The van der Waals surface area contributed by atoms with Crippen molar-refractivity contribution in [2.75, 3.05) is 5.32 Å². The van der Waals surface area contributed by atoms with Gasteiger partial charge in [-0.1, -0.05) is 24.3 Å². The van der Waals surface area contributed by atoms with Crippen LogP contribution in [0.1, 0.15) is 29.0 Å². The Labute approximate surface area is 183 Å². The molecular formula is C24H22FN3O2S. The number of carbonyl (C=O) groups excluding carboxylic acids is 1. The number of benzene rings is 2. The number of rotatable bonds is 4. The first-order chi connectivity index (χ1) is 14.8. The summed E-state index contributed by atoms with van der Waals surface area (Å²) in [5.74, 6) is -0.638. The van der Waals surface area contributed by atoms with E-state index in [2.05, 4.69) is 10.3 Å². The number of aromatic nitrogens is 2. The van der Waals surface area contributed by atoms with E-state index in [0.29, 0.717) is 10.2 Å². The van der Waals surface area contributed by atoms with Gasteiger partial charge in [0.1, 0.15) is 16.7 Å². The maximum absolute atomic E-state index is 13.4. The van der Waals surface area contributed by atoms with E-state index in [9.17, 15) is 14.0 Å². The number of amides is 1. The molecule has 1 N–H and O–H groups in total. The van der Waals surface area contributed by atoms with Gasteiger partial charge < -0.3 is 5.32 Å². The molecule has 2 aromatic heterocycles. The largest absolute Gasteiger partial charge is 0.324 e. The molecule has 2 aromatic carbocycles. The molecule has 1 amide bonds. The number of aryl methyl sites for hydroxylation is 2. The van der Waals surface area contributed by atoms with E-state index >= 15 is 0 Å². The maximum atomic E-state index is 13.4. The second-order valence-corrected chi connectivity index (χ2v) is 8.79. The third-order valence-corrected chi connectivity index (χ3v) is 6.62. The van der Waals surface area contributed by atoms with Crippen molar-refractivity contribution in [3.63, 3.8) is 0 Å². The van der Waals surface area contributed by atoms with E-state index in [4.69, 9.17) is 0 Å². The molecule has 1 atom stereocenters. The Morgan fingerprint density at radius 2 is 1.84 bits per heavy atom. The molecule has 0 aliphatic carbocycles. The molecule has 0 fully saturated rings. The van der Waals surface area contributed by atoms with Crippen molar-refractivity contribution < 1.29 is 9.18 Å². The number of anilines is 1. The zero-order valence-corrected chi connectivity index (χ0v) is 18.5. The fourth-order valence-corrected chi connectivity index (χ4v) is 4.61. The molecular weight excluding hydrogens is 413 g/mol. The standard InChI is InChI=1S/C24H22FN3O2S/c1-13-6-5-7-19(14(13)2)27-22(29)15(3)28-12-26-23-21(24(28)30)20(16(4)31-23)17-8-10-18(25)11-9-17/h5-12,15H,1-4H3,(H,27,29). The normalized spacial score (nSPS) is 12.2. The van der Waals surface area contributed by atoms with Crippen LogP contribution in [0.25, 0.3) is 21.3 Å². The van der Waals surface area contributed by atoms with E-state index in [1.165, 1.54) is 34.4 Å². The van der Waals surface area contributed by atoms with Crippen molar-refractivity contribution in [2.45, 2.75) is 33.7 Å². The number of carbonyl (C=O) groups is 1. The summed E-state index contributed by atoms with van der Waals surface area (Å²) in [5.41, 5.74) is 3.96. The van der Waals surface area contributed by atoms with Crippen LogP contribution >= 0.6 is 11.3 Å². The summed E-state index contributed by atoms with van der Waals surface area (Å²) < 4.78 is 14.7. The van der Waals surface area contributed by atoms with Gasteiger partial charge in [0.15, 0.2) is 0 Å². The Morgan fingerprint density at radius 3 is 2.55 bits per heavy atom. The summed E-state index contributed by atoms with van der Waals surface area (Å²) >= 11 is 1.41. The maximum Gasteiger partial charge on any atom is 0.263 e. The number of fused-ring (bicyclic) bond motifs is 1. The predicted molar refractivity (Wildman–Crippen MR) is 123 cm³/mol. The lowest BCUT2D eigenvalue weighted by molar-refractivity contribution is -0.118. The van der Waals surface area contributed by atoms with E-state index in [-0.39, 0.29) is 17.3 Å². The third kappa shape index (κ3) is 3.77. The molecule has 0 saturated heterocycles. The van der Waals surface area contributed by atoms with E-state index < -0.39 is 6.04 Å². The van der Waals surface area contributed by atoms with Gasteiger partial charge in [-0.15, -0.1) is 11.3 Å². The van der Waals surface area contributed by atoms with Gasteiger partial charge in [-0.2, -0.15) is 0 Å². The summed E-state index contributed by atoms with van der Waals surface area (Å²) in [7, 11) is 0. The van der Waals surface area contributed by atoms with Crippen molar-refractivity contribution in [3.8, 4) is 11.1 Å². The molecule has 0 bridgehead atoms. The zero-order chi connectivity index (χ0) is 22.3. The van der Waals surface area contributed by atoms with Crippen LogP contribution in [0.4, 0.5) is 10.1 Å². The first-order valence-corrected chi connectivity index (χ1v) is 10.7. The Bertz CT molecular complexity index is 1360. The number of hydrogen-bond acceptors (Lipinski definition) is 4. The van der Waals surface area contributed by atoms with Crippen LogP contribution in [0.2, 0.25) is 0 Å². The van der Waals surface area contributed by atoms with Crippen molar-refractivity contribution in [3.05, 3.63) is 81.0 Å². The summed E-state index contributed by atoms with van der Waals surface area (Å²) in [6, 6.07) is 11.0. The minimum atomic E-state index is -0.759. The van der Waals surface area contributed by atoms with E-state index in [1.54, 1.807) is 19.1 Å². The average Bonchev–Trinajstić information content (AvgIpc) is 3.08. The summed E-state index contributed by atoms with van der Waals surface area (Å²) in [4.78, 5) is 32.3. The van der Waals surface area contributed by atoms with Gasteiger partial charge in [0.2, 0.25) is 5.91 Å². The van der Waals surface area contributed by atoms with Crippen LogP contribution in [-0.4, -0.2) is 15.5 Å². The minimum Gasteiger partial charge on any atom is -0.324 e. The fraction of sp³-hybridized carbons (Fsp3) is 0.208. The second-order valence-electron chi connectivity index (χ2n) is 7.59. The van der Waals surface area contributed by atoms with Gasteiger partial charge in [0.25, 0.3) is 5.56 Å². The highest BCUT2D eigenvalue weighted by Crippen LogP contribution is 2.35. The predicted octanol–water partition coefficient (Wildman–Crippen LogP) is 5.39. The molecule has 7 heteroatoms. The monoisotopic (exact) mass is 435 g/mol. The topological polar surface area (TPSA) is 64.0 Å². The molecule has 1 unspecified atom stereocenters. The Kier molecular flexibility index (Phi) is 5.45. The summed E-state index contributed by atoms with van der Waals surface area (Å²) in [6.07, 6.45) is 1.42. The second kappa shape index (κ2) is 8.07.